The van der Waals surface area contributed by atoms with Crippen molar-refractivity contribution in [3.8, 4) is 0 Å². The first kappa shape index (κ1) is 28.8. The third-order valence-electron chi connectivity index (χ3n) is 12.0. The highest BCUT2D eigenvalue weighted by molar-refractivity contribution is 5.84. The van der Waals surface area contributed by atoms with Gasteiger partial charge < -0.3 is 9.47 Å². The van der Waals surface area contributed by atoms with E-state index in [2.05, 4.69) is 110 Å². The van der Waals surface area contributed by atoms with Crippen molar-refractivity contribution < 1.29 is 4.79 Å². The van der Waals surface area contributed by atoms with E-state index in [0.717, 1.165) is 43.8 Å². The molecule has 1 aromatic heterocycles. The summed E-state index contributed by atoms with van der Waals surface area (Å²) in [6.07, 6.45) is 10.7. The van der Waals surface area contributed by atoms with Gasteiger partial charge in [0.05, 0.1) is 17.0 Å². The van der Waals surface area contributed by atoms with E-state index in [1.54, 1.807) is 0 Å². The average Bonchev–Trinajstić information content (AvgIpc) is 3.22. The summed E-state index contributed by atoms with van der Waals surface area (Å²) in [6.45, 7) is 13.9. The molecular formula is C38H50N4O. The normalized spacial score (nSPS) is 29.5. The van der Waals surface area contributed by atoms with Crippen LogP contribution in [0.4, 0.5) is 0 Å². The number of benzene rings is 2. The summed E-state index contributed by atoms with van der Waals surface area (Å²) in [5.74, 6) is 2.06. The number of piperidine rings is 2. The third kappa shape index (κ3) is 5.06. The maximum Gasteiger partial charge on any atom is 0.226 e. The Balaban J connectivity index is 1.04. The van der Waals surface area contributed by atoms with Crippen molar-refractivity contribution in [1.82, 2.24) is 19.4 Å². The molecule has 4 aliphatic rings. The maximum absolute atomic E-state index is 13.7. The van der Waals surface area contributed by atoms with Crippen molar-refractivity contribution in [2.45, 2.75) is 103 Å². The number of aryl methyl sites for hydroxylation is 1. The van der Waals surface area contributed by atoms with Gasteiger partial charge >= 0.3 is 0 Å². The predicted octanol–water partition coefficient (Wildman–Crippen LogP) is 7.70. The van der Waals surface area contributed by atoms with Gasteiger partial charge in [0.2, 0.25) is 5.91 Å². The van der Waals surface area contributed by atoms with Crippen molar-refractivity contribution in [2.24, 2.45) is 17.3 Å². The van der Waals surface area contributed by atoms with E-state index < -0.39 is 0 Å². The predicted molar refractivity (Wildman–Crippen MR) is 175 cm³/mol. The molecule has 0 radical (unpaired) electrons. The molecule has 4 heterocycles. The van der Waals surface area contributed by atoms with Gasteiger partial charge in [0, 0.05) is 31.2 Å². The molecule has 3 aliphatic heterocycles. The topological polar surface area (TPSA) is 41.4 Å². The molecule has 5 heteroatoms. The summed E-state index contributed by atoms with van der Waals surface area (Å²) >= 11 is 0. The smallest absolute Gasteiger partial charge is 0.226 e. The molecule has 2 bridgehead atoms. The molecule has 3 aromatic rings. The monoisotopic (exact) mass is 578 g/mol. The number of hydrogen-bond acceptors (Lipinski definition) is 3. The molecule has 1 aliphatic carbocycles. The van der Waals surface area contributed by atoms with Crippen molar-refractivity contribution in [3.63, 3.8) is 0 Å². The van der Waals surface area contributed by atoms with Gasteiger partial charge in [0.1, 0.15) is 5.82 Å². The minimum absolute atomic E-state index is 0.0786. The van der Waals surface area contributed by atoms with Crippen molar-refractivity contribution in [2.75, 3.05) is 19.6 Å². The number of fused-ring (bicyclic) bond motifs is 3. The van der Waals surface area contributed by atoms with Crippen LogP contribution in [0.5, 0.6) is 0 Å². The Morgan fingerprint density at radius 3 is 2.26 bits per heavy atom. The number of imidazole rings is 1. The zero-order chi connectivity index (χ0) is 29.9. The van der Waals surface area contributed by atoms with E-state index in [-0.39, 0.29) is 16.7 Å². The average molecular weight is 579 g/mol. The van der Waals surface area contributed by atoms with Gasteiger partial charge in [-0.2, -0.15) is 0 Å². The molecule has 5 nitrogen and oxygen atoms in total. The van der Waals surface area contributed by atoms with E-state index in [4.69, 9.17) is 4.98 Å². The number of carbonyl (C=O) groups excluding carboxylic acids is 1. The molecule has 228 valence electrons. The lowest BCUT2D eigenvalue weighted by Gasteiger charge is -2.46. The van der Waals surface area contributed by atoms with Crippen LogP contribution in [0, 0.1) is 24.2 Å². The van der Waals surface area contributed by atoms with E-state index in [1.165, 1.54) is 48.8 Å². The second-order valence-electron chi connectivity index (χ2n) is 15.1. The summed E-state index contributed by atoms with van der Waals surface area (Å²) in [6, 6.07) is 21.7. The molecular weight excluding hydrogens is 528 g/mol. The summed E-state index contributed by atoms with van der Waals surface area (Å²) < 4.78 is 2.54. The fourth-order valence-electron chi connectivity index (χ4n) is 9.44. The van der Waals surface area contributed by atoms with Gasteiger partial charge in [-0.05, 0) is 107 Å². The second kappa shape index (κ2) is 10.9. The van der Waals surface area contributed by atoms with Crippen LogP contribution < -0.4 is 0 Å². The quantitative estimate of drug-likeness (QED) is 0.270. The van der Waals surface area contributed by atoms with Gasteiger partial charge in [0.15, 0.2) is 0 Å². The van der Waals surface area contributed by atoms with Crippen LogP contribution in [0.1, 0.15) is 90.1 Å². The summed E-state index contributed by atoms with van der Waals surface area (Å²) in [4.78, 5) is 23.7. The molecule has 3 saturated heterocycles. The van der Waals surface area contributed by atoms with Crippen LogP contribution in [-0.4, -0.2) is 57.0 Å². The van der Waals surface area contributed by atoms with Crippen LogP contribution in [-0.2, 0) is 10.2 Å². The SMILES string of the molecule is CC(C)=CC1C(C(=O)N2CCC(CCN3[C@@H]4CC[C@H]3CC(n3c(C)nc5ccccc53)C4)(c3ccccc3)CC2)C1(C)C. The van der Waals surface area contributed by atoms with E-state index in [1.807, 2.05) is 0 Å². The molecule has 43 heavy (non-hydrogen) atoms. The Kier molecular flexibility index (Phi) is 7.31. The lowest BCUT2D eigenvalue weighted by molar-refractivity contribution is -0.135. The Morgan fingerprint density at radius 1 is 0.930 bits per heavy atom. The standard InChI is InChI=1S/C38H50N4O/c1-26(2)23-32-35(37(32,4)5)36(43)40-20-17-38(18-21-40,28-11-7-6-8-12-28)19-22-41-29-15-16-30(41)25-31(24-29)42-27(3)39-33-13-9-10-14-34(33)42/h6-14,23,29-32,35H,15-22,24-25H2,1-5H3/t29-,30+,31?,32?,35?. The number of carbonyl (C=O) groups is 1. The molecule has 1 amide bonds. The molecule has 0 spiro atoms. The lowest BCUT2D eigenvalue weighted by atomic mass is 9.70. The fourth-order valence-corrected chi connectivity index (χ4v) is 9.44. The summed E-state index contributed by atoms with van der Waals surface area (Å²) in [5.41, 5.74) is 5.44. The molecule has 7 rings (SSSR count). The third-order valence-corrected chi connectivity index (χ3v) is 12.0. The van der Waals surface area contributed by atoms with Gasteiger partial charge in [-0.15, -0.1) is 0 Å². The van der Waals surface area contributed by atoms with Gasteiger partial charge in [0.25, 0.3) is 0 Å². The Hall–Kier alpha value is -2.92. The Morgan fingerprint density at radius 2 is 1.58 bits per heavy atom. The number of hydrogen-bond donors (Lipinski definition) is 0. The zero-order valence-electron chi connectivity index (χ0n) is 26.9. The number of aromatic nitrogens is 2. The van der Waals surface area contributed by atoms with Gasteiger partial charge in [-0.1, -0.05) is 68.0 Å². The molecule has 4 fully saturated rings. The van der Waals surface area contributed by atoms with Crippen molar-refractivity contribution >= 4 is 16.9 Å². The number of amides is 1. The number of allylic oxidation sites excluding steroid dienone is 2. The summed E-state index contributed by atoms with van der Waals surface area (Å²) in [5, 5.41) is 0. The fraction of sp³-hybridized carbons (Fsp3) is 0.579. The van der Waals surface area contributed by atoms with Crippen LogP contribution in [0.25, 0.3) is 11.0 Å². The highest BCUT2D eigenvalue weighted by atomic mass is 16.2. The van der Waals surface area contributed by atoms with Crippen molar-refractivity contribution in [1.29, 1.82) is 0 Å². The largest absolute Gasteiger partial charge is 0.342 e. The van der Waals surface area contributed by atoms with Crippen LogP contribution in [0.2, 0.25) is 0 Å². The maximum atomic E-state index is 13.7. The molecule has 5 atom stereocenters. The van der Waals surface area contributed by atoms with Crippen LogP contribution >= 0.6 is 0 Å². The van der Waals surface area contributed by atoms with Crippen LogP contribution in [0.15, 0.2) is 66.2 Å². The number of likely N-dealkylation sites (tertiary alicyclic amines) is 1. The van der Waals surface area contributed by atoms with Gasteiger partial charge in [-0.25, -0.2) is 4.98 Å². The second-order valence-corrected chi connectivity index (χ2v) is 15.1. The molecule has 3 unspecified atom stereocenters. The van der Waals surface area contributed by atoms with E-state index >= 15 is 0 Å². The zero-order valence-corrected chi connectivity index (χ0v) is 26.9. The van der Waals surface area contributed by atoms with E-state index in [9.17, 15) is 4.79 Å². The first-order valence-corrected chi connectivity index (χ1v) is 16.9. The number of rotatable bonds is 7. The molecule has 2 aromatic carbocycles. The molecule has 1 saturated carbocycles. The highest BCUT2D eigenvalue weighted by Crippen LogP contribution is 2.60. The Labute approximate surface area is 258 Å². The minimum atomic E-state index is 0.0786. The molecule has 0 N–H and O–H groups in total. The van der Waals surface area contributed by atoms with Crippen LogP contribution in [0.3, 0.4) is 0 Å². The Bertz CT molecular complexity index is 1490. The van der Waals surface area contributed by atoms with Gasteiger partial charge in [-0.3, -0.25) is 9.69 Å². The minimum Gasteiger partial charge on any atom is -0.342 e. The first-order chi connectivity index (χ1) is 20.7. The lowest BCUT2D eigenvalue weighted by Crippen LogP contribution is -2.49. The van der Waals surface area contributed by atoms with Crippen molar-refractivity contribution in [3.05, 3.63) is 77.6 Å². The number of para-hydroxylation sites is 2. The first-order valence-electron chi connectivity index (χ1n) is 16.9. The highest BCUT2D eigenvalue weighted by Gasteiger charge is 2.61. The van der Waals surface area contributed by atoms with E-state index in [0.29, 0.717) is 30.0 Å². The summed E-state index contributed by atoms with van der Waals surface area (Å²) in [7, 11) is 0. The number of nitrogens with zero attached hydrogens (tertiary/aromatic N) is 4.